The topological polar surface area (TPSA) is 69.4 Å². The van der Waals surface area contributed by atoms with Gasteiger partial charge in [-0.15, -0.1) is 0 Å². The first-order valence-corrected chi connectivity index (χ1v) is 5.22. The van der Waals surface area contributed by atoms with E-state index in [1.807, 2.05) is 6.07 Å². The lowest BCUT2D eigenvalue weighted by molar-refractivity contribution is 0.234. The smallest absolute Gasteiger partial charge is 0.250 e. The molecule has 13 heavy (non-hydrogen) atoms. The summed E-state index contributed by atoms with van der Waals surface area (Å²) in [5.41, 5.74) is 0.775. The largest absolute Gasteiger partial charge is 0.333 e. The maximum atomic E-state index is 10.6. The highest BCUT2D eigenvalue weighted by atomic mass is 32.2. The van der Waals surface area contributed by atoms with E-state index in [1.165, 1.54) is 0 Å². The van der Waals surface area contributed by atoms with Gasteiger partial charge in [0.1, 0.15) is 6.10 Å². The lowest BCUT2D eigenvalue weighted by Crippen LogP contribution is -2.17. The van der Waals surface area contributed by atoms with Crippen LogP contribution in [0.3, 0.4) is 0 Å². The van der Waals surface area contributed by atoms with Gasteiger partial charge in [-0.05, 0) is 12.5 Å². The van der Waals surface area contributed by atoms with Crippen LogP contribution >= 0.6 is 0 Å². The van der Waals surface area contributed by atoms with Crippen LogP contribution < -0.4 is 5.14 Å². The molecule has 0 aromatic heterocycles. The average Bonchev–Trinajstić information content (AvgIpc) is 2.03. The maximum Gasteiger partial charge on any atom is 0.333 e. The summed E-state index contributed by atoms with van der Waals surface area (Å²) in [6, 6.07) is 9.00. The molecule has 0 radical (unpaired) electrons. The van der Waals surface area contributed by atoms with Gasteiger partial charge in [-0.2, -0.15) is 8.42 Å². The Balaban J connectivity index is 2.76. The normalized spacial score (nSPS) is 14.0. The molecule has 1 rings (SSSR count). The fourth-order valence-electron chi connectivity index (χ4n) is 0.981. The lowest BCUT2D eigenvalue weighted by Gasteiger charge is -2.09. The number of hydrogen-bond donors (Lipinski definition) is 1. The molecule has 0 aliphatic heterocycles. The highest BCUT2D eigenvalue weighted by Gasteiger charge is 2.11. The minimum absolute atomic E-state index is 0.545. The van der Waals surface area contributed by atoms with Crippen molar-refractivity contribution >= 4 is 10.3 Å². The molecular weight excluding hydrogens is 190 g/mol. The van der Waals surface area contributed by atoms with E-state index in [4.69, 9.17) is 5.14 Å². The summed E-state index contributed by atoms with van der Waals surface area (Å²) in [5.74, 6) is 0. The molecule has 0 amide bonds. The second-order valence-electron chi connectivity index (χ2n) is 2.64. The molecule has 0 aliphatic carbocycles. The van der Waals surface area contributed by atoms with Crippen molar-refractivity contribution in [2.45, 2.75) is 13.0 Å². The minimum atomic E-state index is -3.87. The summed E-state index contributed by atoms with van der Waals surface area (Å²) in [4.78, 5) is 0. The van der Waals surface area contributed by atoms with Crippen LogP contribution in [0.1, 0.15) is 18.6 Å². The molecule has 4 nitrogen and oxygen atoms in total. The fraction of sp³-hybridized carbons (Fsp3) is 0.250. The van der Waals surface area contributed by atoms with Crippen LogP contribution in [0.15, 0.2) is 30.3 Å². The summed E-state index contributed by atoms with van der Waals surface area (Å²) < 4.78 is 25.7. The van der Waals surface area contributed by atoms with Gasteiger partial charge in [-0.3, -0.25) is 4.18 Å². The van der Waals surface area contributed by atoms with Crippen molar-refractivity contribution < 1.29 is 12.6 Å². The van der Waals surface area contributed by atoms with Crippen LogP contribution in [-0.4, -0.2) is 8.42 Å². The van der Waals surface area contributed by atoms with Crippen molar-refractivity contribution in [1.29, 1.82) is 0 Å². The zero-order valence-electron chi connectivity index (χ0n) is 7.17. The second kappa shape index (κ2) is 3.87. The van der Waals surface area contributed by atoms with Gasteiger partial charge in [0.15, 0.2) is 0 Å². The zero-order chi connectivity index (χ0) is 9.90. The first-order chi connectivity index (χ1) is 5.99. The van der Waals surface area contributed by atoms with E-state index in [2.05, 4.69) is 4.18 Å². The third-order valence-electron chi connectivity index (χ3n) is 1.55. The van der Waals surface area contributed by atoms with Crippen LogP contribution in [0.5, 0.6) is 0 Å². The maximum absolute atomic E-state index is 10.6. The zero-order valence-corrected chi connectivity index (χ0v) is 7.99. The van der Waals surface area contributed by atoms with Crippen LogP contribution in [0, 0.1) is 0 Å². The Morgan fingerprint density at radius 2 is 1.85 bits per heavy atom. The highest BCUT2D eigenvalue weighted by molar-refractivity contribution is 7.84. The van der Waals surface area contributed by atoms with Crippen LogP contribution in [0.2, 0.25) is 0 Å². The number of rotatable bonds is 3. The SMILES string of the molecule is CC(OS(N)(=O)=O)c1ccccc1. The van der Waals surface area contributed by atoms with Gasteiger partial charge in [0.05, 0.1) is 0 Å². The molecule has 1 aromatic rings. The average molecular weight is 201 g/mol. The molecule has 0 bridgehead atoms. The molecule has 0 aliphatic rings. The molecule has 1 unspecified atom stereocenters. The molecule has 1 aromatic carbocycles. The summed E-state index contributed by atoms with van der Waals surface area (Å²) in [6.45, 7) is 1.62. The summed E-state index contributed by atoms with van der Waals surface area (Å²) >= 11 is 0. The Morgan fingerprint density at radius 3 is 2.31 bits per heavy atom. The standard InChI is InChI=1S/C8H11NO3S/c1-7(12-13(9,10)11)8-5-3-2-4-6-8/h2-7H,1H3,(H2,9,10,11). The third-order valence-corrected chi connectivity index (χ3v) is 2.10. The minimum Gasteiger partial charge on any atom is -0.250 e. The van der Waals surface area contributed by atoms with Gasteiger partial charge < -0.3 is 0 Å². The van der Waals surface area contributed by atoms with Crippen molar-refractivity contribution in [2.75, 3.05) is 0 Å². The summed E-state index contributed by atoms with van der Waals surface area (Å²) in [6.07, 6.45) is -0.545. The lowest BCUT2D eigenvalue weighted by atomic mass is 10.1. The van der Waals surface area contributed by atoms with Crippen LogP contribution in [-0.2, 0) is 14.5 Å². The Labute approximate surface area is 77.6 Å². The highest BCUT2D eigenvalue weighted by Crippen LogP contribution is 2.16. The van der Waals surface area contributed by atoms with Crippen LogP contribution in [0.25, 0.3) is 0 Å². The first-order valence-electron chi connectivity index (χ1n) is 3.75. The van der Waals surface area contributed by atoms with E-state index in [0.29, 0.717) is 0 Å². The molecule has 5 heteroatoms. The van der Waals surface area contributed by atoms with E-state index >= 15 is 0 Å². The van der Waals surface area contributed by atoms with Gasteiger partial charge in [0.2, 0.25) is 0 Å². The van der Waals surface area contributed by atoms with Gasteiger partial charge in [0, 0.05) is 0 Å². The molecule has 2 N–H and O–H groups in total. The van der Waals surface area contributed by atoms with Crippen molar-refractivity contribution in [2.24, 2.45) is 5.14 Å². The summed E-state index contributed by atoms with van der Waals surface area (Å²) in [5, 5.41) is 4.72. The monoisotopic (exact) mass is 201 g/mol. The number of hydrogen-bond acceptors (Lipinski definition) is 3. The fourth-order valence-corrected chi connectivity index (χ4v) is 1.49. The van der Waals surface area contributed by atoms with E-state index in [0.717, 1.165) is 5.56 Å². The molecule has 1 atom stereocenters. The molecule has 0 saturated carbocycles. The van der Waals surface area contributed by atoms with Crippen molar-refractivity contribution in [1.82, 2.24) is 0 Å². The van der Waals surface area contributed by atoms with Crippen molar-refractivity contribution in [3.8, 4) is 0 Å². The number of benzene rings is 1. The van der Waals surface area contributed by atoms with Crippen molar-refractivity contribution in [3.63, 3.8) is 0 Å². The van der Waals surface area contributed by atoms with Crippen molar-refractivity contribution in [3.05, 3.63) is 35.9 Å². The molecule has 0 heterocycles. The molecular formula is C8H11NO3S. The predicted molar refractivity (Wildman–Crippen MR) is 49.0 cm³/mol. The Morgan fingerprint density at radius 1 is 1.31 bits per heavy atom. The molecule has 72 valence electrons. The van der Waals surface area contributed by atoms with Gasteiger partial charge >= 0.3 is 10.3 Å². The Bertz CT molecular complexity index is 360. The van der Waals surface area contributed by atoms with Crippen LogP contribution in [0.4, 0.5) is 0 Å². The van der Waals surface area contributed by atoms with Gasteiger partial charge in [-0.1, -0.05) is 30.3 Å². The quantitative estimate of drug-likeness (QED) is 0.792. The third kappa shape index (κ3) is 3.54. The van der Waals surface area contributed by atoms with Gasteiger partial charge in [0.25, 0.3) is 0 Å². The molecule has 0 spiro atoms. The van der Waals surface area contributed by atoms with E-state index in [9.17, 15) is 8.42 Å². The second-order valence-corrected chi connectivity index (χ2v) is 3.82. The summed E-state index contributed by atoms with van der Waals surface area (Å²) in [7, 11) is -3.87. The Kier molecular flexibility index (Phi) is 3.02. The Hall–Kier alpha value is -0.910. The molecule has 0 fully saturated rings. The molecule has 0 saturated heterocycles. The number of nitrogens with two attached hydrogens (primary N) is 1. The van der Waals surface area contributed by atoms with Gasteiger partial charge in [-0.25, -0.2) is 5.14 Å². The van der Waals surface area contributed by atoms with E-state index < -0.39 is 16.4 Å². The predicted octanol–water partition coefficient (Wildman–Crippen LogP) is 0.968. The van der Waals surface area contributed by atoms with E-state index in [1.54, 1.807) is 31.2 Å². The van der Waals surface area contributed by atoms with E-state index in [-0.39, 0.29) is 0 Å². The first kappa shape index (κ1) is 10.2.